The van der Waals surface area contributed by atoms with Gasteiger partial charge in [0.15, 0.2) is 5.16 Å². The van der Waals surface area contributed by atoms with Crippen LogP contribution in [-0.4, -0.2) is 29.5 Å². The fraction of sp³-hybridized carbons (Fsp3) is 0.250. The molecule has 0 aliphatic heterocycles. The van der Waals surface area contributed by atoms with E-state index in [1.165, 1.54) is 11.8 Å². The Labute approximate surface area is 136 Å². The third-order valence-electron chi connectivity index (χ3n) is 3.38. The van der Waals surface area contributed by atoms with E-state index < -0.39 is 0 Å². The molecule has 2 heterocycles. The van der Waals surface area contributed by atoms with Crippen molar-refractivity contribution in [1.82, 2.24) is 9.55 Å². The molecule has 22 heavy (non-hydrogen) atoms. The highest BCUT2D eigenvalue weighted by molar-refractivity contribution is 7.98. The van der Waals surface area contributed by atoms with E-state index in [4.69, 9.17) is 4.74 Å². The number of thiophene rings is 1. The second kappa shape index (κ2) is 6.64. The van der Waals surface area contributed by atoms with Crippen LogP contribution in [0.3, 0.4) is 0 Å². The molecule has 4 nitrogen and oxygen atoms in total. The first-order valence-electron chi connectivity index (χ1n) is 6.87. The Morgan fingerprint density at radius 1 is 1.32 bits per heavy atom. The lowest BCUT2D eigenvalue weighted by molar-refractivity contribution is 0.183. The number of benzene rings is 1. The molecule has 2 aromatic heterocycles. The molecule has 0 spiro atoms. The van der Waals surface area contributed by atoms with Gasteiger partial charge in [-0.2, -0.15) is 0 Å². The van der Waals surface area contributed by atoms with Crippen LogP contribution >= 0.6 is 23.1 Å². The highest BCUT2D eigenvalue weighted by Crippen LogP contribution is 2.31. The van der Waals surface area contributed by atoms with E-state index in [1.54, 1.807) is 23.0 Å². The number of methoxy groups -OCH3 is 1. The van der Waals surface area contributed by atoms with Gasteiger partial charge in [-0.05, 0) is 17.9 Å². The summed E-state index contributed by atoms with van der Waals surface area (Å²) in [6.07, 6.45) is 1.93. The molecule has 0 radical (unpaired) electrons. The molecule has 0 saturated heterocycles. The largest absolute Gasteiger partial charge is 0.383 e. The predicted octanol–water partition coefficient (Wildman–Crippen LogP) is 3.49. The lowest BCUT2D eigenvalue weighted by Crippen LogP contribution is -2.24. The van der Waals surface area contributed by atoms with Gasteiger partial charge in [-0.3, -0.25) is 9.36 Å². The van der Waals surface area contributed by atoms with Gasteiger partial charge < -0.3 is 4.74 Å². The first-order valence-corrected chi connectivity index (χ1v) is 8.91. The van der Waals surface area contributed by atoms with Gasteiger partial charge in [-0.1, -0.05) is 42.1 Å². The van der Waals surface area contributed by atoms with Gasteiger partial charge in [0.2, 0.25) is 0 Å². The minimum Gasteiger partial charge on any atom is -0.383 e. The average Bonchev–Trinajstić information content (AvgIpc) is 2.99. The van der Waals surface area contributed by atoms with E-state index in [0.29, 0.717) is 18.5 Å². The highest BCUT2D eigenvalue weighted by atomic mass is 32.2. The van der Waals surface area contributed by atoms with Crippen molar-refractivity contribution in [3.05, 3.63) is 46.8 Å². The zero-order chi connectivity index (χ0) is 15.5. The molecule has 0 unspecified atom stereocenters. The van der Waals surface area contributed by atoms with E-state index >= 15 is 0 Å². The number of rotatable bonds is 5. The molecule has 3 aromatic rings. The molecular formula is C16H16N2O2S2. The predicted molar refractivity (Wildman–Crippen MR) is 93.0 cm³/mol. The zero-order valence-electron chi connectivity index (χ0n) is 12.4. The van der Waals surface area contributed by atoms with Crippen molar-refractivity contribution in [3.63, 3.8) is 0 Å². The molecular weight excluding hydrogens is 316 g/mol. The number of thioether (sulfide) groups is 1. The smallest absolute Gasteiger partial charge is 0.263 e. The lowest BCUT2D eigenvalue weighted by atomic mass is 10.2. The number of hydrogen-bond donors (Lipinski definition) is 0. The minimum absolute atomic E-state index is 0.00447. The van der Waals surface area contributed by atoms with Crippen molar-refractivity contribution in [1.29, 1.82) is 0 Å². The van der Waals surface area contributed by atoms with Gasteiger partial charge in [0.05, 0.1) is 18.5 Å². The zero-order valence-corrected chi connectivity index (χ0v) is 14.0. The first-order chi connectivity index (χ1) is 10.7. The van der Waals surface area contributed by atoms with Gasteiger partial charge in [0.25, 0.3) is 5.56 Å². The van der Waals surface area contributed by atoms with Crippen molar-refractivity contribution in [2.45, 2.75) is 11.7 Å². The Kier molecular flexibility index (Phi) is 4.61. The monoisotopic (exact) mass is 332 g/mol. The van der Waals surface area contributed by atoms with E-state index in [2.05, 4.69) is 4.98 Å². The van der Waals surface area contributed by atoms with Gasteiger partial charge in [-0.25, -0.2) is 4.98 Å². The van der Waals surface area contributed by atoms with Crippen molar-refractivity contribution in [3.8, 4) is 10.4 Å². The van der Waals surface area contributed by atoms with E-state index in [1.807, 2.05) is 42.7 Å². The van der Waals surface area contributed by atoms with Crippen LogP contribution < -0.4 is 5.56 Å². The maximum Gasteiger partial charge on any atom is 0.263 e. The van der Waals surface area contributed by atoms with E-state index in [-0.39, 0.29) is 5.56 Å². The molecule has 3 rings (SSSR count). The van der Waals surface area contributed by atoms with Crippen molar-refractivity contribution in [2.24, 2.45) is 0 Å². The van der Waals surface area contributed by atoms with Gasteiger partial charge >= 0.3 is 0 Å². The van der Waals surface area contributed by atoms with Crippen LogP contribution in [0.2, 0.25) is 0 Å². The molecule has 0 fully saturated rings. The molecule has 1 aromatic carbocycles. The van der Waals surface area contributed by atoms with E-state index in [0.717, 1.165) is 20.4 Å². The fourth-order valence-corrected chi connectivity index (χ4v) is 3.94. The lowest BCUT2D eigenvalue weighted by Gasteiger charge is -2.09. The molecule has 0 bridgehead atoms. The summed E-state index contributed by atoms with van der Waals surface area (Å²) in [5.74, 6) is 0. The number of nitrogens with zero attached hydrogens (tertiary/aromatic N) is 2. The van der Waals surface area contributed by atoms with Crippen molar-refractivity contribution >= 4 is 33.3 Å². The van der Waals surface area contributed by atoms with Gasteiger partial charge in [0, 0.05) is 12.0 Å². The Balaban J connectivity index is 2.16. The molecule has 6 heteroatoms. The number of fused-ring (bicyclic) bond motifs is 1. The fourth-order valence-electron chi connectivity index (χ4n) is 2.28. The highest BCUT2D eigenvalue weighted by Gasteiger charge is 2.14. The SMILES string of the molecule is COCCn1c(SC)nc2sc(-c3ccccc3)cc2c1=O. The van der Waals surface area contributed by atoms with Crippen LogP contribution in [-0.2, 0) is 11.3 Å². The number of aromatic nitrogens is 2. The molecule has 0 aliphatic carbocycles. The normalized spacial score (nSPS) is 11.2. The summed E-state index contributed by atoms with van der Waals surface area (Å²) in [4.78, 5) is 19.2. The third kappa shape index (κ3) is 2.82. The number of hydrogen-bond acceptors (Lipinski definition) is 5. The second-order valence-corrected chi connectivity index (χ2v) is 6.55. The standard InChI is InChI=1S/C16H16N2O2S2/c1-20-9-8-18-15(19)12-10-13(11-6-4-3-5-7-11)22-14(12)17-16(18)21-2/h3-7,10H,8-9H2,1-2H3. The van der Waals surface area contributed by atoms with Crippen LogP contribution in [0.5, 0.6) is 0 Å². The van der Waals surface area contributed by atoms with Crippen LogP contribution in [0.1, 0.15) is 0 Å². The Bertz CT molecular complexity index is 840. The van der Waals surface area contributed by atoms with Crippen LogP contribution in [0.4, 0.5) is 0 Å². The Morgan fingerprint density at radius 2 is 2.09 bits per heavy atom. The summed E-state index contributed by atoms with van der Waals surface area (Å²) in [7, 11) is 1.63. The number of ether oxygens (including phenoxy) is 1. The topological polar surface area (TPSA) is 44.1 Å². The molecule has 0 atom stereocenters. The Hall–Kier alpha value is -1.63. The summed E-state index contributed by atoms with van der Waals surface area (Å²) in [6, 6.07) is 12.0. The summed E-state index contributed by atoms with van der Waals surface area (Å²) in [6.45, 7) is 1.02. The maximum atomic E-state index is 12.7. The van der Waals surface area contributed by atoms with Crippen LogP contribution in [0, 0.1) is 0 Å². The van der Waals surface area contributed by atoms with Crippen molar-refractivity contribution in [2.75, 3.05) is 20.0 Å². The summed E-state index contributed by atoms with van der Waals surface area (Å²) < 4.78 is 6.79. The molecule has 0 aliphatic rings. The molecule has 114 valence electrons. The molecule has 0 N–H and O–H groups in total. The Morgan fingerprint density at radius 3 is 2.77 bits per heavy atom. The quantitative estimate of drug-likeness (QED) is 0.530. The minimum atomic E-state index is 0.00447. The van der Waals surface area contributed by atoms with Crippen LogP contribution in [0.25, 0.3) is 20.7 Å². The van der Waals surface area contributed by atoms with Gasteiger partial charge in [-0.15, -0.1) is 11.3 Å². The van der Waals surface area contributed by atoms with Gasteiger partial charge in [0.1, 0.15) is 4.83 Å². The summed E-state index contributed by atoms with van der Waals surface area (Å²) >= 11 is 3.04. The third-order valence-corrected chi connectivity index (χ3v) is 5.13. The first kappa shape index (κ1) is 15.3. The summed E-state index contributed by atoms with van der Waals surface area (Å²) in [5.41, 5.74) is 1.11. The van der Waals surface area contributed by atoms with Crippen molar-refractivity contribution < 1.29 is 4.74 Å². The second-order valence-electron chi connectivity index (χ2n) is 4.74. The molecule has 0 saturated carbocycles. The molecule has 0 amide bonds. The van der Waals surface area contributed by atoms with Crippen LogP contribution in [0.15, 0.2) is 46.3 Å². The van der Waals surface area contributed by atoms with E-state index in [9.17, 15) is 4.79 Å². The maximum absolute atomic E-state index is 12.7. The average molecular weight is 332 g/mol. The summed E-state index contributed by atoms with van der Waals surface area (Å²) in [5, 5.41) is 1.41.